The van der Waals surface area contributed by atoms with Crippen LogP contribution >= 0.6 is 11.6 Å². The fourth-order valence-electron chi connectivity index (χ4n) is 1.61. The zero-order valence-electron chi connectivity index (χ0n) is 11.0. The van der Waals surface area contributed by atoms with Crippen LogP contribution in [0.2, 0.25) is 0 Å². The average molecular weight is 269 g/mol. The first-order valence-electron chi connectivity index (χ1n) is 5.75. The molecule has 0 saturated heterocycles. The number of carbonyl (C=O) groups excluding carboxylic acids is 2. The Balaban J connectivity index is 3.12. The predicted octanol–water partition coefficient (Wildman–Crippen LogP) is 3.08. The summed E-state index contributed by atoms with van der Waals surface area (Å²) in [4.78, 5) is 23.4. The van der Waals surface area contributed by atoms with Crippen LogP contribution < -0.4 is 0 Å². The number of ketones is 1. The van der Waals surface area contributed by atoms with Gasteiger partial charge in [0.1, 0.15) is 0 Å². The van der Waals surface area contributed by atoms with E-state index in [0.717, 1.165) is 11.1 Å². The van der Waals surface area contributed by atoms with Crippen molar-refractivity contribution in [2.75, 3.05) is 7.11 Å². The van der Waals surface area contributed by atoms with Gasteiger partial charge in [-0.25, -0.2) is 4.79 Å². The number of benzene rings is 1. The Bertz CT molecular complexity index is 466. The molecular formula is C14H17ClO3. The molecule has 1 atom stereocenters. The normalized spacial score (nSPS) is 12.3. The number of esters is 1. The molecule has 1 rings (SSSR count). The number of halogens is 1. The highest BCUT2D eigenvalue weighted by molar-refractivity contribution is 6.43. The van der Waals surface area contributed by atoms with Gasteiger partial charge in [-0.15, -0.1) is 11.6 Å². The van der Waals surface area contributed by atoms with E-state index in [-0.39, 0.29) is 0 Å². The number of alkyl halides is 1. The standard InChI is InChI=1S/C14H17ClO3/c1-8(2)10-6-5-9(3)11(7-10)13(16)12(15)14(17)18-4/h5-8,12H,1-4H3. The van der Waals surface area contributed by atoms with E-state index in [9.17, 15) is 9.59 Å². The molecule has 0 fully saturated rings. The van der Waals surface area contributed by atoms with Crippen LogP contribution in [0, 0.1) is 6.92 Å². The van der Waals surface area contributed by atoms with Gasteiger partial charge in [0.2, 0.25) is 0 Å². The van der Waals surface area contributed by atoms with Crippen LogP contribution in [0.3, 0.4) is 0 Å². The fourth-order valence-corrected chi connectivity index (χ4v) is 1.82. The summed E-state index contributed by atoms with van der Waals surface area (Å²) in [6.07, 6.45) is 0. The molecule has 1 aromatic rings. The van der Waals surface area contributed by atoms with Gasteiger partial charge in [-0.1, -0.05) is 26.0 Å². The largest absolute Gasteiger partial charge is 0.468 e. The highest BCUT2D eigenvalue weighted by atomic mass is 35.5. The minimum Gasteiger partial charge on any atom is -0.468 e. The van der Waals surface area contributed by atoms with Gasteiger partial charge in [0.05, 0.1) is 7.11 Å². The molecule has 98 valence electrons. The minimum absolute atomic E-state index is 0.309. The van der Waals surface area contributed by atoms with Crippen molar-refractivity contribution in [1.82, 2.24) is 0 Å². The lowest BCUT2D eigenvalue weighted by Crippen LogP contribution is -2.26. The lowest BCUT2D eigenvalue weighted by molar-refractivity contribution is -0.139. The summed E-state index contributed by atoms with van der Waals surface area (Å²) >= 11 is 5.80. The molecule has 1 aromatic carbocycles. The van der Waals surface area contributed by atoms with Crippen LogP contribution in [-0.4, -0.2) is 24.2 Å². The molecule has 0 aliphatic heterocycles. The van der Waals surface area contributed by atoms with Crippen molar-refractivity contribution in [3.63, 3.8) is 0 Å². The van der Waals surface area contributed by atoms with Gasteiger partial charge >= 0.3 is 5.97 Å². The van der Waals surface area contributed by atoms with E-state index in [1.165, 1.54) is 7.11 Å². The molecule has 4 heteroatoms. The van der Waals surface area contributed by atoms with E-state index >= 15 is 0 Å². The van der Waals surface area contributed by atoms with Gasteiger partial charge in [0.15, 0.2) is 11.2 Å². The number of hydrogen-bond donors (Lipinski definition) is 0. The topological polar surface area (TPSA) is 43.4 Å². The molecule has 0 radical (unpaired) electrons. The van der Waals surface area contributed by atoms with Gasteiger partial charge in [0, 0.05) is 5.56 Å². The third-order valence-corrected chi connectivity index (χ3v) is 3.21. The first kappa shape index (κ1) is 14.7. The summed E-state index contributed by atoms with van der Waals surface area (Å²) in [6, 6.07) is 5.63. The highest BCUT2D eigenvalue weighted by Crippen LogP contribution is 2.21. The molecule has 0 saturated carbocycles. The van der Waals surface area contributed by atoms with Crippen molar-refractivity contribution in [2.45, 2.75) is 32.1 Å². The molecule has 0 heterocycles. The molecule has 0 amide bonds. The van der Waals surface area contributed by atoms with Crippen molar-refractivity contribution < 1.29 is 14.3 Å². The van der Waals surface area contributed by atoms with Crippen molar-refractivity contribution in [3.8, 4) is 0 Å². The van der Waals surface area contributed by atoms with Crippen molar-refractivity contribution in [2.24, 2.45) is 0 Å². The van der Waals surface area contributed by atoms with Crippen LogP contribution in [0.1, 0.15) is 41.3 Å². The molecule has 0 N–H and O–H groups in total. The van der Waals surface area contributed by atoms with Gasteiger partial charge in [0.25, 0.3) is 0 Å². The van der Waals surface area contributed by atoms with Crippen molar-refractivity contribution in [3.05, 3.63) is 34.9 Å². The second-order valence-electron chi connectivity index (χ2n) is 4.48. The summed E-state index contributed by atoms with van der Waals surface area (Å²) in [7, 11) is 1.21. The second-order valence-corrected chi connectivity index (χ2v) is 4.92. The van der Waals surface area contributed by atoms with Crippen molar-refractivity contribution >= 4 is 23.4 Å². The number of aryl methyl sites for hydroxylation is 1. The summed E-state index contributed by atoms with van der Waals surface area (Å²) in [6.45, 7) is 5.90. The lowest BCUT2D eigenvalue weighted by Gasteiger charge is -2.12. The lowest BCUT2D eigenvalue weighted by atomic mass is 9.95. The zero-order chi connectivity index (χ0) is 13.9. The summed E-state index contributed by atoms with van der Waals surface area (Å²) in [5, 5.41) is -1.28. The molecule has 0 bridgehead atoms. The number of carbonyl (C=O) groups is 2. The Morgan fingerprint density at radius 2 is 1.89 bits per heavy atom. The fraction of sp³-hybridized carbons (Fsp3) is 0.429. The quantitative estimate of drug-likeness (QED) is 0.365. The molecule has 0 aromatic heterocycles. The van der Waals surface area contributed by atoms with Crippen LogP contribution in [0.4, 0.5) is 0 Å². The van der Waals surface area contributed by atoms with Crippen LogP contribution in [0.15, 0.2) is 18.2 Å². The zero-order valence-corrected chi connectivity index (χ0v) is 11.7. The summed E-state index contributed by atoms with van der Waals surface area (Å²) in [5.74, 6) is -0.830. The number of rotatable bonds is 4. The number of methoxy groups -OCH3 is 1. The van der Waals surface area contributed by atoms with Crippen LogP contribution in [-0.2, 0) is 9.53 Å². The Kier molecular flexibility index (Phi) is 4.91. The Morgan fingerprint density at radius 3 is 2.39 bits per heavy atom. The highest BCUT2D eigenvalue weighted by Gasteiger charge is 2.27. The summed E-state index contributed by atoms with van der Waals surface area (Å²) < 4.78 is 4.48. The monoisotopic (exact) mass is 268 g/mol. The van der Waals surface area contributed by atoms with Crippen LogP contribution in [0.25, 0.3) is 0 Å². The first-order chi connectivity index (χ1) is 8.38. The van der Waals surface area contributed by atoms with Crippen molar-refractivity contribution in [1.29, 1.82) is 0 Å². The number of ether oxygens (including phenoxy) is 1. The molecule has 3 nitrogen and oxygen atoms in total. The van der Waals surface area contributed by atoms with Gasteiger partial charge in [-0.3, -0.25) is 4.79 Å². The Labute approximate surface area is 112 Å². The summed E-state index contributed by atoms with van der Waals surface area (Å²) in [5.41, 5.74) is 2.32. The Morgan fingerprint density at radius 1 is 1.28 bits per heavy atom. The van der Waals surface area contributed by atoms with E-state index in [1.807, 2.05) is 32.9 Å². The molecule has 0 aliphatic rings. The van der Waals surface area contributed by atoms with Crippen LogP contribution in [0.5, 0.6) is 0 Å². The first-order valence-corrected chi connectivity index (χ1v) is 6.18. The minimum atomic E-state index is -1.28. The third-order valence-electron chi connectivity index (χ3n) is 2.83. The third kappa shape index (κ3) is 3.10. The molecular weight excluding hydrogens is 252 g/mol. The molecule has 0 spiro atoms. The number of Topliss-reactive ketones (excluding diaryl/α,β-unsaturated/α-hetero) is 1. The predicted molar refractivity (Wildman–Crippen MR) is 71.3 cm³/mol. The van der Waals surface area contributed by atoms with E-state index in [4.69, 9.17) is 11.6 Å². The maximum Gasteiger partial charge on any atom is 0.331 e. The van der Waals surface area contributed by atoms with E-state index < -0.39 is 17.1 Å². The van der Waals surface area contributed by atoms with Gasteiger partial charge in [-0.05, 0) is 30.0 Å². The van der Waals surface area contributed by atoms with Gasteiger partial charge < -0.3 is 4.74 Å². The van der Waals surface area contributed by atoms with E-state index in [0.29, 0.717) is 11.5 Å². The van der Waals surface area contributed by atoms with Gasteiger partial charge in [-0.2, -0.15) is 0 Å². The smallest absolute Gasteiger partial charge is 0.331 e. The maximum absolute atomic E-state index is 12.1. The Hall–Kier alpha value is -1.35. The van der Waals surface area contributed by atoms with E-state index in [2.05, 4.69) is 4.74 Å². The molecule has 1 unspecified atom stereocenters. The maximum atomic E-state index is 12.1. The second kappa shape index (κ2) is 6.01. The molecule has 0 aliphatic carbocycles. The number of hydrogen-bond acceptors (Lipinski definition) is 3. The van der Waals surface area contributed by atoms with E-state index in [1.54, 1.807) is 6.07 Å². The molecule has 18 heavy (non-hydrogen) atoms. The SMILES string of the molecule is COC(=O)C(Cl)C(=O)c1cc(C(C)C)ccc1C. The average Bonchev–Trinajstić information content (AvgIpc) is 2.36.